The molecular weight excluding hydrogens is 402 g/mol. The first-order chi connectivity index (χ1) is 15.3. The van der Waals surface area contributed by atoms with Gasteiger partial charge in [0.05, 0.1) is 5.57 Å². The van der Waals surface area contributed by atoms with E-state index in [-0.39, 0.29) is 29.7 Å². The van der Waals surface area contributed by atoms with E-state index in [2.05, 4.69) is 5.32 Å². The van der Waals surface area contributed by atoms with E-state index in [0.717, 1.165) is 22.4 Å². The maximum atomic E-state index is 12.7. The van der Waals surface area contributed by atoms with Gasteiger partial charge in [-0.25, -0.2) is 0 Å². The Bertz CT molecular complexity index is 1230. The second kappa shape index (κ2) is 8.63. The SMILES string of the molecule is Cc1cc(C)c(NC(=O)COc2ccccc2C=C2C(=O)c3ccccc3C2=O)c(C)c1. The molecule has 0 aliphatic heterocycles. The van der Waals surface area contributed by atoms with Gasteiger partial charge in [-0.15, -0.1) is 0 Å². The number of fused-ring (bicyclic) bond motifs is 1. The van der Waals surface area contributed by atoms with Crippen molar-refractivity contribution in [1.82, 2.24) is 0 Å². The number of carbonyl (C=O) groups is 3. The van der Waals surface area contributed by atoms with Gasteiger partial charge in [0.2, 0.25) is 0 Å². The van der Waals surface area contributed by atoms with Crippen LogP contribution in [0, 0.1) is 20.8 Å². The van der Waals surface area contributed by atoms with Crippen molar-refractivity contribution >= 4 is 29.2 Å². The van der Waals surface area contributed by atoms with Crippen LogP contribution in [0.25, 0.3) is 6.08 Å². The lowest BCUT2D eigenvalue weighted by molar-refractivity contribution is -0.118. The van der Waals surface area contributed by atoms with E-state index in [4.69, 9.17) is 4.74 Å². The summed E-state index contributed by atoms with van der Waals surface area (Å²) in [5.41, 5.74) is 5.35. The number of anilines is 1. The average molecular weight is 425 g/mol. The zero-order chi connectivity index (χ0) is 22.8. The number of benzene rings is 3. The Hall–Kier alpha value is -3.99. The van der Waals surface area contributed by atoms with Crippen LogP contribution in [0.15, 0.2) is 66.2 Å². The molecule has 3 aromatic rings. The van der Waals surface area contributed by atoms with Gasteiger partial charge >= 0.3 is 0 Å². The Balaban J connectivity index is 1.52. The summed E-state index contributed by atoms with van der Waals surface area (Å²) in [4.78, 5) is 37.9. The van der Waals surface area contributed by atoms with Crippen molar-refractivity contribution in [3.63, 3.8) is 0 Å². The molecule has 0 bridgehead atoms. The summed E-state index contributed by atoms with van der Waals surface area (Å²) in [7, 11) is 0. The molecular formula is C27H23NO4. The molecule has 0 spiro atoms. The number of amides is 1. The number of allylic oxidation sites excluding steroid dienone is 1. The van der Waals surface area contributed by atoms with Crippen molar-refractivity contribution in [3.05, 3.63) is 99.6 Å². The minimum absolute atomic E-state index is 0.0950. The third-order valence-corrected chi connectivity index (χ3v) is 5.42. The van der Waals surface area contributed by atoms with E-state index in [0.29, 0.717) is 22.4 Å². The molecule has 160 valence electrons. The molecule has 0 aromatic heterocycles. The molecule has 3 aromatic carbocycles. The van der Waals surface area contributed by atoms with Crippen LogP contribution < -0.4 is 10.1 Å². The third-order valence-electron chi connectivity index (χ3n) is 5.42. The fourth-order valence-electron chi connectivity index (χ4n) is 3.99. The van der Waals surface area contributed by atoms with Crippen molar-refractivity contribution in [2.75, 3.05) is 11.9 Å². The van der Waals surface area contributed by atoms with Gasteiger partial charge < -0.3 is 10.1 Å². The third kappa shape index (κ3) is 4.10. The van der Waals surface area contributed by atoms with Gasteiger partial charge in [-0.3, -0.25) is 14.4 Å². The van der Waals surface area contributed by atoms with Crippen LogP contribution in [-0.4, -0.2) is 24.1 Å². The van der Waals surface area contributed by atoms with Crippen molar-refractivity contribution in [2.24, 2.45) is 0 Å². The molecule has 0 unspecified atom stereocenters. The maximum absolute atomic E-state index is 12.7. The highest BCUT2D eigenvalue weighted by molar-refractivity contribution is 6.41. The minimum Gasteiger partial charge on any atom is -0.483 e. The molecule has 32 heavy (non-hydrogen) atoms. The molecule has 0 fully saturated rings. The number of ketones is 2. The zero-order valence-electron chi connectivity index (χ0n) is 18.2. The second-order valence-electron chi connectivity index (χ2n) is 7.91. The number of nitrogens with one attached hydrogen (secondary N) is 1. The summed E-state index contributed by atoms with van der Waals surface area (Å²) >= 11 is 0. The largest absolute Gasteiger partial charge is 0.483 e. The van der Waals surface area contributed by atoms with Gasteiger partial charge in [0.25, 0.3) is 5.91 Å². The maximum Gasteiger partial charge on any atom is 0.262 e. The molecule has 1 aliphatic carbocycles. The van der Waals surface area contributed by atoms with Gasteiger partial charge in [-0.1, -0.05) is 60.2 Å². The lowest BCUT2D eigenvalue weighted by atomic mass is 10.1. The van der Waals surface area contributed by atoms with E-state index in [9.17, 15) is 14.4 Å². The minimum atomic E-state index is -0.302. The van der Waals surface area contributed by atoms with Crippen molar-refractivity contribution < 1.29 is 19.1 Å². The number of aryl methyl sites for hydroxylation is 3. The number of hydrogen-bond acceptors (Lipinski definition) is 4. The van der Waals surface area contributed by atoms with Crippen molar-refractivity contribution in [1.29, 1.82) is 0 Å². The van der Waals surface area contributed by atoms with Crippen molar-refractivity contribution in [2.45, 2.75) is 20.8 Å². The lowest BCUT2D eigenvalue weighted by Crippen LogP contribution is -2.21. The Kier molecular flexibility index (Phi) is 5.73. The smallest absolute Gasteiger partial charge is 0.262 e. The second-order valence-corrected chi connectivity index (χ2v) is 7.91. The molecule has 1 aliphatic rings. The van der Waals surface area contributed by atoms with Gasteiger partial charge in [0, 0.05) is 22.4 Å². The number of Topliss-reactive ketones (excluding diaryl/α,β-unsaturated/α-hetero) is 2. The van der Waals surface area contributed by atoms with Crippen LogP contribution in [0.1, 0.15) is 43.0 Å². The highest BCUT2D eigenvalue weighted by atomic mass is 16.5. The molecule has 0 saturated heterocycles. The lowest BCUT2D eigenvalue weighted by Gasteiger charge is -2.14. The monoisotopic (exact) mass is 425 g/mol. The van der Waals surface area contributed by atoms with E-state index < -0.39 is 0 Å². The summed E-state index contributed by atoms with van der Waals surface area (Å²) in [6, 6.07) is 17.8. The van der Waals surface area contributed by atoms with E-state index >= 15 is 0 Å². The predicted octanol–water partition coefficient (Wildman–Crippen LogP) is 5.09. The molecule has 1 N–H and O–H groups in total. The predicted molar refractivity (Wildman–Crippen MR) is 124 cm³/mol. The Morgan fingerprint density at radius 1 is 0.875 bits per heavy atom. The van der Waals surface area contributed by atoms with Crippen LogP contribution in [0.2, 0.25) is 0 Å². The van der Waals surface area contributed by atoms with E-state index in [1.807, 2.05) is 32.9 Å². The molecule has 0 heterocycles. The molecule has 0 saturated carbocycles. The van der Waals surface area contributed by atoms with E-state index in [1.54, 1.807) is 48.5 Å². The van der Waals surface area contributed by atoms with Gasteiger partial charge in [-0.05, 0) is 44.0 Å². The molecule has 4 rings (SSSR count). The van der Waals surface area contributed by atoms with E-state index in [1.165, 1.54) is 6.08 Å². The average Bonchev–Trinajstić information content (AvgIpc) is 3.01. The zero-order valence-corrected chi connectivity index (χ0v) is 18.2. The number of para-hydroxylation sites is 1. The number of rotatable bonds is 5. The van der Waals surface area contributed by atoms with Crippen molar-refractivity contribution in [3.8, 4) is 5.75 Å². The molecule has 5 nitrogen and oxygen atoms in total. The number of ether oxygens (including phenoxy) is 1. The Morgan fingerprint density at radius 3 is 2.06 bits per heavy atom. The first-order valence-electron chi connectivity index (χ1n) is 10.3. The van der Waals surface area contributed by atoms with Gasteiger partial charge in [0.15, 0.2) is 18.2 Å². The first kappa shape index (κ1) is 21.2. The fourth-order valence-corrected chi connectivity index (χ4v) is 3.99. The highest BCUT2D eigenvalue weighted by Crippen LogP contribution is 2.30. The number of hydrogen-bond donors (Lipinski definition) is 1. The summed E-state index contributed by atoms with van der Waals surface area (Å²) < 4.78 is 5.75. The fraction of sp³-hybridized carbons (Fsp3) is 0.148. The normalized spacial score (nSPS) is 12.5. The molecule has 0 radical (unpaired) electrons. The quantitative estimate of drug-likeness (QED) is 0.456. The van der Waals surface area contributed by atoms with Crippen LogP contribution >= 0.6 is 0 Å². The standard InChI is InChI=1S/C27H23NO4/c1-16-12-17(2)25(18(3)13-16)28-24(29)15-32-23-11-7-4-8-19(23)14-22-26(30)20-9-5-6-10-21(20)27(22)31/h4-14H,15H2,1-3H3,(H,28,29). The van der Waals surface area contributed by atoms with Gasteiger partial charge in [-0.2, -0.15) is 0 Å². The molecule has 5 heteroatoms. The van der Waals surface area contributed by atoms with Crippen LogP contribution in [0.3, 0.4) is 0 Å². The van der Waals surface area contributed by atoms with Crippen LogP contribution in [0.5, 0.6) is 5.75 Å². The Labute approximate surface area is 186 Å². The summed E-state index contributed by atoms with van der Waals surface area (Å²) in [6.45, 7) is 5.71. The summed E-state index contributed by atoms with van der Waals surface area (Å²) in [5.74, 6) is -0.473. The topological polar surface area (TPSA) is 72.5 Å². The van der Waals surface area contributed by atoms with Crippen LogP contribution in [-0.2, 0) is 4.79 Å². The molecule has 0 atom stereocenters. The number of carbonyl (C=O) groups excluding carboxylic acids is 3. The summed E-state index contributed by atoms with van der Waals surface area (Å²) in [5, 5.41) is 2.91. The van der Waals surface area contributed by atoms with Crippen LogP contribution in [0.4, 0.5) is 5.69 Å². The highest BCUT2D eigenvalue weighted by Gasteiger charge is 2.32. The first-order valence-corrected chi connectivity index (χ1v) is 10.3. The molecule has 1 amide bonds. The Morgan fingerprint density at radius 2 is 1.44 bits per heavy atom. The van der Waals surface area contributed by atoms with Gasteiger partial charge in [0.1, 0.15) is 5.75 Å². The summed E-state index contributed by atoms with van der Waals surface area (Å²) in [6.07, 6.45) is 1.53.